The van der Waals surface area contributed by atoms with Gasteiger partial charge in [0.2, 0.25) is 0 Å². The van der Waals surface area contributed by atoms with Gasteiger partial charge in [0.1, 0.15) is 25.4 Å². The third-order valence-electron chi connectivity index (χ3n) is 8.84. The molecule has 0 saturated heterocycles. The van der Waals surface area contributed by atoms with Gasteiger partial charge in [0.15, 0.2) is 0 Å². The molecule has 6 atom stereocenters. The number of benzene rings is 2. The molecule has 4 amide bonds. The van der Waals surface area contributed by atoms with Crippen LogP contribution in [0.15, 0.2) is 60.7 Å². The third-order valence-corrected chi connectivity index (χ3v) is 8.84. The Hall–Kier alpha value is -4.24. The minimum Gasteiger partial charge on any atom is -0.443 e. The van der Waals surface area contributed by atoms with Gasteiger partial charge in [-0.25, -0.2) is 30.5 Å². The number of nitrogens with two attached hydrogens (primary N) is 2. The Morgan fingerprint density at radius 3 is 1.25 bits per heavy atom. The van der Waals surface area contributed by atoms with Crippen molar-refractivity contribution in [3.05, 3.63) is 71.8 Å². The first-order valence-electron chi connectivity index (χ1n) is 18.2. The summed E-state index contributed by atoms with van der Waals surface area (Å²) in [4.78, 5) is 54.1. The highest BCUT2D eigenvalue weighted by molar-refractivity contribution is 5.85. The Morgan fingerprint density at radius 2 is 0.962 bits per heavy atom. The second-order valence-corrected chi connectivity index (χ2v) is 13.7. The van der Waals surface area contributed by atoms with Crippen LogP contribution in [0.5, 0.6) is 0 Å². The number of aliphatic hydroxyl groups is 2. The number of amides is 4. The van der Waals surface area contributed by atoms with Gasteiger partial charge in [-0.05, 0) is 35.8 Å². The van der Waals surface area contributed by atoms with Crippen molar-refractivity contribution in [3.8, 4) is 0 Å². The van der Waals surface area contributed by atoms with Crippen molar-refractivity contribution < 1.29 is 38.9 Å². The van der Waals surface area contributed by atoms with Crippen LogP contribution >= 0.6 is 0 Å². The molecule has 0 spiro atoms. The number of rotatable bonds is 19. The first-order chi connectivity index (χ1) is 24.7. The molecule has 0 aliphatic heterocycles. The van der Waals surface area contributed by atoms with Gasteiger partial charge in [-0.15, -0.1) is 0 Å². The van der Waals surface area contributed by atoms with E-state index in [1.165, 1.54) is 0 Å². The number of nitrogens with zero attached hydrogens (tertiary/aromatic N) is 2. The minimum atomic E-state index is -1.75. The van der Waals surface area contributed by atoms with Gasteiger partial charge < -0.3 is 31.2 Å². The molecule has 0 saturated carbocycles. The van der Waals surface area contributed by atoms with E-state index in [-0.39, 0.29) is 37.9 Å². The van der Waals surface area contributed by atoms with E-state index in [1.54, 1.807) is 76.2 Å². The molecule has 0 unspecified atom stereocenters. The fourth-order valence-corrected chi connectivity index (χ4v) is 5.39. The summed E-state index contributed by atoms with van der Waals surface area (Å²) in [6, 6.07) is 13.3. The Kier molecular flexibility index (Phi) is 19.1. The molecular formula is C38H60N6O8. The highest BCUT2D eigenvalue weighted by atomic mass is 16.6. The number of ether oxygens (including phenoxy) is 2. The lowest BCUT2D eigenvalue weighted by molar-refractivity contribution is -0.155. The predicted molar refractivity (Wildman–Crippen MR) is 197 cm³/mol. The number of carbonyl (C=O) groups excluding carboxylic acids is 4. The summed E-state index contributed by atoms with van der Waals surface area (Å²) in [5.74, 6) is -2.11. The lowest BCUT2D eigenvalue weighted by atomic mass is 9.91. The van der Waals surface area contributed by atoms with E-state index in [9.17, 15) is 29.4 Å². The van der Waals surface area contributed by atoms with Crippen LogP contribution in [0.2, 0.25) is 0 Å². The first-order valence-corrected chi connectivity index (χ1v) is 18.2. The van der Waals surface area contributed by atoms with Crippen LogP contribution in [0, 0.1) is 11.8 Å². The zero-order valence-electron chi connectivity index (χ0n) is 31.4. The maximum atomic E-state index is 13.9. The highest BCUT2D eigenvalue weighted by Gasteiger charge is 2.43. The molecule has 2 aromatic rings. The summed E-state index contributed by atoms with van der Waals surface area (Å²) >= 11 is 0. The van der Waals surface area contributed by atoms with E-state index in [4.69, 9.17) is 20.9 Å². The quantitative estimate of drug-likeness (QED) is 0.114. The second kappa shape index (κ2) is 22.6. The zero-order valence-corrected chi connectivity index (χ0v) is 31.4. The molecule has 0 bridgehead atoms. The average molecular weight is 729 g/mol. The molecule has 0 aliphatic carbocycles. The number of hydrogen-bond acceptors (Lipinski definition) is 10. The second-order valence-electron chi connectivity index (χ2n) is 13.7. The van der Waals surface area contributed by atoms with Gasteiger partial charge in [0.25, 0.3) is 11.8 Å². The largest absolute Gasteiger partial charge is 0.443 e. The predicted octanol–water partition coefficient (Wildman–Crippen LogP) is 4.13. The Balaban J connectivity index is 2.51. The Labute approximate surface area is 308 Å². The lowest BCUT2D eigenvalue weighted by Gasteiger charge is -2.42. The summed E-state index contributed by atoms with van der Waals surface area (Å²) < 4.78 is 10.8. The Bertz CT molecular complexity index is 1260. The van der Waals surface area contributed by atoms with Crippen LogP contribution in [0.3, 0.4) is 0 Å². The van der Waals surface area contributed by atoms with Crippen molar-refractivity contribution in [1.82, 2.24) is 20.9 Å². The minimum absolute atomic E-state index is 0.0892. The highest BCUT2D eigenvalue weighted by Crippen LogP contribution is 2.24. The van der Waals surface area contributed by atoms with Crippen LogP contribution in [0.25, 0.3) is 0 Å². The monoisotopic (exact) mass is 728 g/mol. The van der Waals surface area contributed by atoms with Gasteiger partial charge >= 0.3 is 12.2 Å². The molecule has 0 aromatic heterocycles. The van der Waals surface area contributed by atoms with E-state index in [0.717, 1.165) is 10.0 Å². The third kappa shape index (κ3) is 13.7. The molecule has 14 heteroatoms. The van der Waals surface area contributed by atoms with Gasteiger partial charge in [-0.2, -0.15) is 0 Å². The van der Waals surface area contributed by atoms with E-state index < -0.39 is 60.4 Å². The number of nitrogens with one attached hydrogen (secondary N) is 2. The van der Waals surface area contributed by atoms with E-state index >= 15 is 0 Å². The zero-order chi connectivity index (χ0) is 38.8. The van der Waals surface area contributed by atoms with Crippen LogP contribution in [-0.4, -0.2) is 80.6 Å². The molecule has 14 nitrogen and oxygen atoms in total. The number of hydrazine groups is 2. The molecule has 2 rings (SSSR count). The van der Waals surface area contributed by atoms with Crippen molar-refractivity contribution in [2.75, 3.05) is 0 Å². The number of hydrogen-bond donors (Lipinski definition) is 6. The van der Waals surface area contributed by atoms with Crippen LogP contribution in [0.4, 0.5) is 9.59 Å². The van der Waals surface area contributed by atoms with Crippen LogP contribution in [0.1, 0.15) is 91.2 Å². The summed E-state index contributed by atoms with van der Waals surface area (Å²) in [5, 5.41) is 25.9. The van der Waals surface area contributed by atoms with Gasteiger partial charge in [-0.3, -0.25) is 9.59 Å². The van der Waals surface area contributed by atoms with Crippen LogP contribution < -0.4 is 22.3 Å². The molecule has 0 heterocycles. The SMILES string of the molecule is CCCC[C@@H]([C@@H](O)[C@H](O)[C@H](CCCC)N(NC(=O)OCc1ccccc1)C(=O)[C@@H](N)C(C)C)N(NC(=O)OCc1ccccc1)C(=O)[C@@H](N)C(C)C. The molecule has 8 N–H and O–H groups in total. The summed E-state index contributed by atoms with van der Waals surface area (Å²) in [7, 11) is 0. The van der Waals surface area contributed by atoms with Gasteiger partial charge in [0, 0.05) is 0 Å². The van der Waals surface area contributed by atoms with Crippen molar-refractivity contribution in [3.63, 3.8) is 0 Å². The molecule has 52 heavy (non-hydrogen) atoms. The van der Waals surface area contributed by atoms with Crippen molar-refractivity contribution >= 4 is 24.0 Å². The number of unbranched alkanes of at least 4 members (excludes halogenated alkanes) is 2. The number of carbonyl (C=O) groups is 4. The summed E-state index contributed by atoms with van der Waals surface area (Å²) in [6.07, 6.45) is -2.90. The molecule has 2 aromatic carbocycles. The van der Waals surface area contributed by atoms with Crippen LogP contribution in [-0.2, 0) is 32.3 Å². The first kappa shape index (κ1) is 43.9. The normalized spacial score (nSPS) is 14.8. The lowest BCUT2D eigenvalue weighted by Crippen LogP contribution is -2.66. The summed E-state index contributed by atoms with van der Waals surface area (Å²) in [5.41, 5.74) is 19.0. The smallest absolute Gasteiger partial charge is 0.426 e. The Morgan fingerprint density at radius 1 is 0.635 bits per heavy atom. The van der Waals surface area contributed by atoms with Crippen molar-refractivity contribution in [2.45, 2.75) is 130 Å². The molecule has 290 valence electrons. The van der Waals surface area contributed by atoms with E-state index in [2.05, 4.69) is 10.9 Å². The van der Waals surface area contributed by atoms with E-state index in [0.29, 0.717) is 36.8 Å². The maximum absolute atomic E-state index is 13.9. The summed E-state index contributed by atoms with van der Waals surface area (Å²) in [6.45, 7) is 10.6. The van der Waals surface area contributed by atoms with Gasteiger partial charge in [0.05, 0.1) is 24.2 Å². The molecular weight excluding hydrogens is 668 g/mol. The topological polar surface area (TPSA) is 210 Å². The maximum Gasteiger partial charge on any atom is 0.426 e. The number of aliphatic hydroxyl groups excluding tert-OH is 2. The van der Waals surface area contributed by atoms with E-state index in [1.807, 2.05) is 26.0 Å². The van der Waals surface area contributed by atoms with Gasteiger partial charge in [-0.1, -0.05) is 128 Å². The fourth-order valence-electron chi connectivity index (χ4n) is 5.39. The van der Waals surface area contributed by atoms with Crippen molar-refractivity contribution in [2.24, 2.45) is 23.3 Å². The molecule has 0 fully saturated rings. The van der Waals surface area contributed by atoms with Crippen molar-refractivity contribution in [1.29, 1.82) is 0 Å². The fraction of sp³-hybridized carbons (Fsp3) is 0.579. The standard InChI is InChI=1S/C38H60N6O8/c1-7-9-21-29(43(35(47)31(39)25(3)4)41-37(49)51-23-27-17-13-11-14-18-27)33(45)34(46)30(22-10-8-2)44(36(48)32(40)26(5)6)42-38(50)52-24-28-19-15-12-16-20-28/h11-20,25-26,29-34,45-46H,7-10,21-24,39-40H2,1-6H3,(H,41,49)(H,42,50)/t29-,30-,31-,32-,33+,34+/m0/s1. The molecule has 0 aliphatic rings. The molecule has 0 radical (unpaired) electrons. The average Bonchev–Trinajstić information content (AvgIpc) is 3.14.